The monoisotopic (exact) mass is 417 g/mol. The number of benzene rings is 3. The fourth-order valence-corrected chi connectivity index (χ4v) is 2.67. The minimum Gasteiger partial charge on any atom is -0.490 e. The number of rotatable bonds is 9. The number of amides is 2. The van der Waals surface area contributed by atoms with E-state index in [0.717, 1.165) is 0 Å². The Hall–Kier alpha value is -4.13. The summed E-state index contributed by atoms with van der Waals surface area (Å²) in [5, 5.41) is 6.75. The minimum atomic E-state index is -0.300. The molecule has 0 atom stereocenters. The number of anilines is 1. The standard InChI is InChI=1S/C24H23N3O4/c1-2-30-22-15-18(16-25-27-24(29)19-9-5-3-6-10-19)13-14-21(22)31-17-23(28)26-20-11-7-4-8-12-20/h3-16H,2,17H2,1H3,(H,26,28)(H,27,29)/b25-16+. The highest BCUT2D eigenvalue weighted by atomic mass is 16.5. The van der Waals surface area contributed by atoms with Gasteiger partial charge in [0.15, 0.2) is 18.1 Å². The molecule has 3 rings (SSSR count). The molecule has 7 heteroatoms. The van der Waals surface area contributed by atoms with Crippen molar-refractivity contribution in [1.82, 2.24) is 5.43 Å². The van der Waals surface area contributed by atoms with Gasteiger partial charge in [-0.2, -0.15) is 5.10 Å². The third-order valence-corrected chi connectivity index (χ3v) is 4.10. The van der Waals surface area contributed by atoms with Crippen LogP contribution in [0.2, 0.25) is 0 Å². The van der Waals surface area contributed by atoms with Crippen molar-refractivity contribution in [1.29, 1.82) is 0 Å². The summed E-state index contributed by atoms with van der Waals surface area (Å²) >= 11 is 0. The van der Waals surface area contributed by atoms with Gasteiger partial charge in [-0.1, -0.05) is 36.4 Å². The maximum atomic E-state index is 12.1. The molecule has 0 spiro atoms. The summed E-state index contributed by atoms with van der Waals surface area (Å²) in [7, 11) is 0. The van der Waals surface area contributed by atoms with Gasteiger partial charge in [-0.05, 0) is 55.0 Å². The number of nitrogens with zero attached hydrogens (tertiary/aromatic N) is 1. The predicted molar refractivity (Wildman–Crippen MR) is 120 cm³/mol. The molecule has 0 aliphatic heterocycles. The molecule has 0 unspecified atom stereocenters. The Balaban J connectivity index is 1.59. The lowest BCUT2D eigenvalue weighted by Crippen LogP contribution is -2.20. The van der Waals surface area contributed by atoms with Gasteiger partial charge in [0.2, 0.25) is 0 Å². The number of carbonyl (C=O) groups excluding carboxylic acids is 2. The first-order chi connectivity index (χ1) is 15.2. The van der Waals surface area contributed by atoms with Gasteiger partial charge in [0, 0.05) is 11.3 Å². The van der Waals surface area contributed by atoms with E-state index in [0.29, 0.717) is 34.9 Å². The van der Waals surface area contributed by atoms with Crippen LogP contribution in [0.3, 0.4) is 0 Å². The van der Waals surface area contributed by atoms with Crippen LogP contribution in [0.25, 0.3) is 0 Å². The molecule has 31 heavy (non-hydrogen) atoms. The topological polar surface area (TPSA) is 89.0 Å². The van der Waals surface area contributed by atoms with Crippen molar-refractivity contribution < 1.29 is 19.1 Å². The molecule has 0 fully saturated rings. The lowest BCUT2D eigenvalue weighted by molar-refractivity contribution is -0.118. The molecular formula is C24H23N3O4. The van der Waals surface area contributed by atoms with Crippen molar-refractivity contribution in [3.8, 4) is 11.5 Å². The second kappa shape index (κ2) is 11.2. The Bertz CT molecular complexity index is 1040. The van der Waals surface area contributed by atoms with E-state index in [2.05, 4.69) is 15.8 Å². The number of hydrazone groups is 1. The van der Waals surface area contributed by atoms with Crippen LogP contribution in [0.4, 0.5) is 5.69 Å². The highest BCUT2D eigenvalue weighted by molar-refractivity contribution is 5.95. The molecule has 158 valence electrons. The Kier molecular flexibility index (Phi) is 7.77. The lowest BCUT2D eigenvalue weighted by atomic mass is 10.2. The summed E-state index contributed by atoms with van der Waals surface area (Å²) in [6.07, 6.45) is 1.51. The van der Waals surface area contributed by atoms with Gasteiger partial charge in [-0.15, -0.1) is 0 Å². The largest absolute Gasteiger partial charge is 0.490 e. The molecule has 0 heterocycles. The van der Waals surface area contributed by atoms with Crippen LogP contribution >= 0.6 is 0 Å². The smallest absolute Gasteiger partial charge is 0.271 e. The van der Waals surface area contributed by atoms with Crippen molar-refractivity contribution in [2.75, 3.05) is 18.5 Å². The number of hydrogen-bond acceptors (Lipinski definition) is 5. The summed E-state index contributed by atoms with van der Waals surface area (Å²) < 4.78 is 11.2. The average molecular weight is 417 g/mol. The Labute approximate surface area is 180 Å². The molecule has 3 aromatic carbocycles. The molecule has 0 saturated carbocycles. The average Bonchev–Trinajstić information content (AvgIpc) is 2.80. The van der Waals surface area contributed by atoms with Gasteiger partial charge in [-0.25, -0.2) is 5.43 Å². The Morgan fingerprint density at radius 2 is 1.61 bits per heavy atom. The van der Waals surface area contributed by atoms with Gasteiger partial charge in [0.05, 0.1) is 12.8 Å². The highest BCUT2D eigenvalue weighted by Crippen LogP contribution is 2.28. The zero-order chi connectivity index (χ0) is 21.9. The maximum absolute atomic E-state index is 12.1. The van der Waals surface area contributed by atoms with Crippen LogP contribution in [0, 0.1) is 0 Å². The fourth-order valence-electron chi connectivity index (χ4n) is 2.67. The first-order valence-electron chi connectivity index (χ1n) is 9.78. The molecule has 0 saturated heterocycles. The quantitative estimate of drug-likeness (QED) is 0.409. The van der Waals surface area contributed by atoms with E-state index in [4.69, 9.17) is 9.47 Å². The summed E-state index contributed by atoms with van der Waals surface area (Å²) in [6.45, 7) is 2.13. The van der Waals surface area contributed by atoms with E-state index in [1.54, 1.807) is 54.6 Å². The van der Waals surface area contributed by atoms with Crippen LogP contribution in [0.15, 0.2) is 84.0 Å². The first-order valence-corrected chi connectivity index (χ1v) is 9.78. The molecule has 0 aliphatic carbocycles. The number of ether oxygens (including phenoxy) is 2. The van der Waals surface area contributed by atoms with E-state index < -0.39 is 0 Å². The Morgan fingerprint density at radius 3 is 2.32 bits per heavy atom. The molecule has 0 radical (unpaired) electrons. The number of para-hydroxylation sites is 1. The van der Waals surface area contributed by atoms with Crippen LogP contribution < -0.4 is 20.2 Å². The molecule has 3 aromatic rings. The van der Waals surface area contributed by atoms with Crippen molar-refractivity contribution in [3.05, 3.63) is 90.0 Å². The third-order valence-electron chi connectivity index (χ3n) is 4.10. The van der Waals surface area contributed by atoms with E-state index in [-0.39, 0.29) is 18.4 Å². The third kappa shape index (κ3) is 6.71. The Morgan fingerprint density at radius 1 is 0.903 bits per heavy atom. The van der Waals surface area contributed by atoms with Crippen LogP contribution in [-0.4, -0.2) is 31.2 Å². The number of carbonyl (C=O) groups is 2. The first kappa shape index (κ1) is 21.6. The van der Waals surface area contributed by atoms with Gasteiger partial charge in [0.1, 0.15) is 0 Å². The SMILES string of the molecule is CCOc1cc(/C=N/NC(=O)c2ccccc2)ccc1OCC(=O)Nc1ccccc1. The predicted octanol–water partition coefficient (Wildman–Crippen LogP) is 3.87. The van der Waals surface area contributed by atoms with Crippen LogP contribution in [-0.2, 0) is 4.79 Å². The number of nitrogens with one attached hydrogen (secondary N) is 2. The molecule has 0 bridgehead atoms. The van der Waals surface area contributed by atoms with E-state index in [1.807, 2.05) is 31.2 Å². The molecular weight excluding hydrogens is 394 g/mol. The van der Waals surface area contributed by atoms with Crippen LogP contribution in [0.5, 0.6) is 11.5 Å². The van der Waals surface area contributed by atoms with Gasteiger partial charge >= 0.3 is 0 Å². The number of hydrogen-bond donors (Lipinski definition) is 2. The zero-order valence-electron chi connectivity index (χ0n) is 17.1. The van der Waals surface area contributed by atoms with Crippen molar-refractivity contribution in [2.24, 2.45) is 5.10 Å². The maximum Gasteiger partial charge on any atom is 0.271 e. The summed E-state index contributed by atoms with van der Waals surface area (Å²) in [6, 6.07) is 23.1. The summed E-state index contributed by atoms with van der Waals surface area (Å²) in [5.41, 5.74) is 4.41. The van der Waals surface area contributed by atoms with Crippen molar-refractivity contribution >= 4 is 23.7 Å². The zero-order valence-corrected chi connectivity index (χ0v) is 17.1. The lowest BCUT2D eigenvalue weighted by Gasteiger charge is -2.12. The summed E-state index contributed by atoms with van der Waals surface area (Å²) in [5.74, 6) is 0.345. The summed E-state index contributed by atoms with van der Waals surface area (Å²) in [4.78, 5) is 24.1. The molecule has 2 amide bonds. The molecule has 0 aliphatic rings. The normalized spacial score (nSPS) is 10.5. The fraction of sp³-hybridized carbons (Fsp3) is 0.125. The highest BCUT2D eigenvalue weighted by Gasteiger charge is 2.09. The molecule has 7 nitrogen and oxygen atoms in total. The van der Waals surface area contributed by atoms with Crippen molar-refractivity contribution in [2.45, 2.75) is 6.92 Å². The molecule has 2 N–H and O–H groups in total. The minimum absolute atomic E-state index is 0.157. The van der Waals surface area contributed by atoms with Gasteiger partial charge in [0.25, 0.3) is 11.8 Å². The van der Waals surface area contributed by atoms with Gasteiger partial charge in [-0.3, -0.25) is 9.59 Å². The molecule has 0 aromatic heterocycles. The second-order valence-corrected chi connectivity index (χ2v) is 6.41. The van der Waals surface area contributed by atoms with Crippen LogP contribution in [0.1, 0.15) is 22.8 Å². The van der Waals surface area contributed by atoms with Crippen molar-refractivity contribution in [3.63, 3.8) is 0 Å². The van der Waals surface area contributed by atoms with E-state index in [9.17, 15) is 9.59 Å². The van der Waals surface area contributed by atoms with E-state index >= 15 is 0 Å². The second-order valence-electron chi connectivity index (χ2n) is 6.41. The van der Waals surface area contributed by atoms with Gasteiger partial charge < -0.3 is 14.8 Å². The van der Waals surface area contributed by atoms with E-state index in [1.165, 1.54) is 6.21 Å².